The first-order valence-corrected chi connectivity index (χ1v) is 10.7. The van der Waals surface area contributed by atoms with Gasteiger partial charge in [0.15, 0.2) is 5.16 Å². The molecule has 1 saturated carbocycles. The number of carbonyl (C=O) groups is 1. The third-order valence-corrected chi connectivity index (χ3v) is 6.44. The molecule has 1 heterocycles. The van der Waals surface area contributed by atoms with Gasteiger partial charge in [0.2, 0.25) is 5.91 Å². The first-order valence-electron chi connectivity index (χ1n) is 9.73. The average molecular weight is 407 g/mol. The molecule has 0 bridgehead atoms. The summed E-state index contributed by atoms with van der Waals surface area (Å²) in [7, 11) is 0. The molecule has 3 aromatic rings. The average Bonchev–Trinajstić information content (AvgIpc) is 3.57. The van der Waals surface area contributed by atoms with Gasteiger partial charge in [0.1, 0.15) is 5.54 Å². The molecule has 0 spiro atoms. The molecular formula is C22H22N4O2S. The maximum absolute atomic E-state index is 13.0. The van der Waals surface area contributed by atoms with Gasteiger partial charge in [-0.15, -0.1) is 0 Å². The van der Waals surface area contributed by atoms with E-state index in [9.17, 15) is 14.9 Å². The first kappa shape index (κ1) is 19.5. The van der Waals surface area contributed by atoms with E-state index >= 15 is 0 Å². The molecule has 1 N–H and O–H groups in total. The Hall–Kier alpha value is -2.85. The van der Waals surface area contributed by atoms with E-state index in [1.54, 1.807) is 11.5 Å². The monoisotopic (exact) mass is 406 g/mol. The maximum Gasteiger partial charge on any atom is 0.262 e. The third kappa shape index (κ3) is 3.73. The van der Waals surface area contributed by atoms with Gasteiger partial charge < -0.3 is 5.32 Å². The highest BCUT2D eigenvalue weighted by molar-refractivity contribution is 7.99. The molecule has 0 radical (unpaired) electrons. The largest absolute Gasteiger partial charge is 0.337 e. The van der Waals surface area contributed by atoms with E-state index in [2.05, 4.69) is 16.4 Å². The Morgan fingerprint density at radius 3 is 2.66 bits per heavy atom. The van der Waals surface area contributed by atoms with E-state index in [0.717, 1.165) is 23.6 Å². The van der Waals surface area contributed by atoms with Crippen LogP contribution in [-0.2, 0) is 11.3 Å². The summed E-state index contributed by atoms with van der Waals surface area (Å²) in [6.45, 7) is 4.13. The fraction of sp³-hybridized carbons (Fsp3) is 0.364. The quantitative estimate of drug-likeness (QED) is 0.385. The van der Waals surface area contributed by atoms with Crippen LogP contribution >= 0.6 is 11.8 Å². The molecule has 0 aliphatic heterocycles. The van der Waals surface area contributed by atoms with Gasteiger partial charge >= 0.3 is 0 Å². The number of nitrogens with zero attached hydrogens (tertiary/aromatic N) is 3. The van der Waals surface area contributed by atoms with Crippen molar-refractivity contribution in [3.63, 3.8) is 0 Å². The van der Waals surface area contributed by atoms with Crippen LogP contribution in [0.2, 0.25) is 0 Å². The van der Waals surface area contributed by atoms with Crippen molar-refractivity contribution < 1.29 is 4.79 Å². The van der Waals surface area contributed by atoms with Gasteiger partial charge in [0.25, 0.3) is 5.56 Å². The first-order chi connectivity index (χ1) is 13.9. The minimum atomic E-state index is -0.822. The predicted molar refractivity (Wildman–Crippen MR) is 115 cm³/mol. The van der Waals surface area contributed by atoms with Crippen LogP contribution < -0.4 is 10.9 Å². The van der Waals surface area contributed by atoms with Crippen LogP contribution in [0.15, 0.2) is 46.3 Å². The van der Waals surface area contributed by atoms with E-state index < -0.39 is 5.54 Å². The molecule has 1 aliphatic carbocycles. The Kier molecular flexibility index (Phi) is 5.05. The zero-order valence-corrected chi connectivity index (χ0v) is 17.3. The lowest BCUT2D eigenvalue weighted by molar-refractivity contribution is -0.119. The lowest BCUT2D eigenvalue weighted by Crippen LogP contribution is -2.47. The molecule has 2 aromatic carbocycles. The topological polar surface area (TPSA) is 87.8 Å². The van der Waals surface area contributed by atoms with Gasteiger partial charge in [-0.25, -0.2) is 4.98 Å². The fourth-order valence-electron chi connectivity index (χ4n) is 3.61. The fourth-order valence-corrected chi connectivity index (χ4v) is 4.48. The molecule has 0 unspecified atom stereocenters. The standard InChI is InChI=1S/C22H22N4O2S/c1-3-26-20(28)17-10-14-6-4-5-7-15(14)11-18(17)24-21(26)29-12-19(27)25-22(2,13-23)16-8-9-16/h4-7,10-11,16H,3,8-9,12H2,1-2H3,(H,25,27)/t22-/m0/s1. The summed E-state index contributed by atoms with van der Waals surface area (Å²) >= 11 is 1.23. The molecule has 29 heavy (non-hydrogen) atoms. The molecule has 1 aromatic heterocycles. The van der Waals surface area contributed by atoms with Crippen LogP contribution in [0.4, 0.5) is 0 Å². The Morgan fingerprint density at radius 2 is 2.03 bits per heavy atom. The third-order valence-electron chi connectivity index (χ3n) is 5.46. The van der Waals surface area contributed by atoms with Gasteiger partial charge in [-0.3, -0.25) is 14.2 Å². The molecule has 1 amide bonds. The van der Waals surface area contributed by atoms with E-state index in [-0.39, 0.29) is 23.1 Å². The molecule has 148 valence electrons. The van der Waals surface area contributed by atoms with Crippen LogP contribution in [0.25, 0.3) is 21.7 Å². The highest BCUT2D eigenvalue weighted by Crippen LogP contribution is 2.39. The van der Waals surface area contributed by atoms with E-state index in [0.29, 0.717) is 22.6 Å². The molecule has 1 fully saturated rings. The van der Waals surface area contributed by atoms with Crippen molar-refractivity contribution in [2.45, 2.75) is 43.9 Å². The number of hydrogen-bond donors (Lipinski definition) is 1. The van der Waals surface area contributed by atoms with Crippen molar-refractivity contribution >= 4 is 39.3 Å². The summed E-state index contributed by atoms with van der Waals surface area (Å²) in [6, 6.07) is 13.9. The van der Waals surface area contributed by atoms with Crippen LogP contribution in [0, 0.1) is 17.2 Å². The summed E-state index contributed by atoms with van der Waals surface area (Å²) in [6.07, 6.45) is 1.93. The van der Waals surface area contributed by atoms with Crippen LogP contribution in [0.3, 0.4) is 0 Å². The minimum Gasteiger partial charge on any atom is -0.337 e. The zero-order chi connectivity index (χ0) is 20.6. The van der Waals surface area contributed by atoms with Crippen molar-refractivity contribution in [1.82, 2.24) is 14.9 Å². The number of carbonyl (C=O) groups excluding carboxylic acids is 1. The van der Waals surface area contributed by atoms with Crippen LogP contribution in [0.1, 0.15) is 26.7 Å². The summed E-state index contributed by atoms with van der Waals surface area (Å²) < 4.78 is 1.60. The van der Waals surface area contributed by atoms with Crippen LogP contribution in [0.5, 0.6) is 0 Å². The van der Waals surface area contributed by atoms with Gasteiger partial charge in [-0.1, -0.05) is 36.0 Å². The SMILES string of the molecule is CCn1c(SCC(=O)N[C@@](C)(C#N)C2CC2)nc2cc3ccccc3cc2c1=O. The number of aromatic nitrogens is 2. The van der Waals surface area contributed by atoms with Crippen molar-refractivity contribution in [2.75, 3.05) is 5.75 Å². The molecular weight excluding hydrogens is 384 g/mol. The summed E-state index contributed by atoms with van der Waals surface area (Å²) in [4.78, 5) is 30.1. The van der Waals surface area contributed by atoms with E-state index in [1.807, 2.05) is 43.3 Å². The second-order valence-electron chi connectivity index (χ2n) is 7.59. The number of benzene rings is 2. The van der Waals surface area contributed by atoms with Gasteiger partial charge in [-0.05, 0) is 55.5 Å². The molecule has 1 atom stereocenters. The second kappa shape index (κ2) is 7.53. The Labute approximate surface area is 172 Å². The number of hydrogen-bond acceptors (Lipinski definition) is 5. The highest BCUT2D eigenvalue weighted by atomic mass is 32.2. The number of nitrogens with one attached hydrogen (secondary N) is 1. The van der Waals surface area contributed by atoms with Gasteiger partial charge in [-0.2, -0.15) is 5.26 Å². The lowest BCUT2D eigenvalue weighted by atomic mass is 9.98. The number of thioether (sulfide) groups is 1. The summed E-state index contributed by atoms with van der Waals surface area (Å²) in [5.41, 5.74) is -0.301. The number of rotatable bonds is 6. The highest BCUT2D eigenvalue weighted by Gasteiger charge is 2.42. The Bertz CT molecular complexity index is 1210. The molecule has 6 nitrogen and oxygen atoms in total. The molecule has 4 rings (SSSR count). The summed E-state index contributed by atoms with van der Waals surface area (Å²) in [5.74, 6) is 0.110. The second-order valence-corrected chi connectivity index (χ2v) is 8.53. The lowest BCUT2D eigenvalue weighted by Gasteiger charge is -2.22. The minimum absolute atomic E-state index is 0.106. The van der Waals surface area contributed by atoms with Gasteiger partial charge in [0.05, 0.1) is 22.7 Å². The molecule has 7 heteroatoms. The summed E-state index contributed by atoms with van der Waals surface area (Å²) in [5, 5.41) is 15.4. The number of fused-ring (bicyclic) bond motifs is 2. The normalized spacial score (nSPS) is 15.8. The molecule has 1 aliphatic rings. The zero-order valence-electron chi connectivity index (χ0n) is 16.4. The smallest absolute Gasteiger partial charge is 0.262 e. The Morgan fingerprint density at radius 1 is 1.34 bits per heavy atom. The predicted octanol–water partition coefficient (Wildman–Crippen LogP) is 3.47. The van der Waals surface area contributed by atoms with E-state index in [1.165, 1.54) is 11.8 Å². The van der Waals surface area contributed by atoms with Crippen molar-refractivity contribution in [2.24, 2.45) is 5.92 Å². The van der Waals surface area contributed by atoms with E-state index in [4.69, 9.17) is 0 Å². The van der Waals surface area contributed by atoms with Gasteiger partial charge in [0, 0.05) is 6.54 Å². The van der Waals surface area contributed by atoms with Crippen molar-refractivity contribution in [1.29, 1.82) is 5.26 Å². The van der Waals surface area contributed by atoms with Crippen molar-refractivity contribution in [3.05, 3.63) is 46.8 Å². The maximum atomic E-state index is 13.0. The molecule has 0 saturated heterocycles. The van der Waals surface area contributed by atoms with Crippen molar-refractivity contribution in [3.8, 4) is 6.07 Å². The van der Waals surface area contributed by atoms with Crippen LogP contribution in [-0.4, -0.2) is 26.8 Å². The number of amides is 1. The number of nitriles is 1. The Balaban J connectivity index is 1.62.